The molecule has 0 fully saturated rings. The van der Waals surface area contributed by atoms with Gasteiger partial charge in [-0.3, -0.25) is 0 Å². The zero-order valence-electron chi connectivity index (χ0n) is 10.6. The summed E-state index contributed by atoms with van der Waals surface area (Å²) in [5.74, 6) is 0. The van der Waals surface area contributed by atoms with Gasteiger partial charge in [-0.05, 0) is 30.5 Å². The molecule has 98 valence electrons. The largest absolute Gasteiger partial charge is 0.316 e. The van der Waals surface area contributed by atoms with E-state index in [1.54, 1.807) is 6.07 Å². The van der Waals surface area contributed by atoms with Crippen molar-refractivity contribution >= 4 is 21.4 Å². The molecule has 1 aromatic heterocycles. The average Bonchev–Trinajstić information content (AvgIpc) is 2.75. The highest BCUT2D eigenvalue weighted by Crippen LogP contribution is 2.24. The number of rotatable bonds is 7. The van der Waals surface area contributed by atoms with Crippen LogP contribution < -0.4 is 5.32 Å². The van der Waals surface area contributed by atoms with Gasteiger partial charge in [0.1, 0.15) is 4.21 Å². The molecule has 1 N–H and O–H groups in total. The monoisotopic (exact) mass is 276 g/mol. The summed E-state index contributed by atoms with van der Waals surface area (Å²) in [6.45, 7) is 5.66. The third kappa shape index (κ3) is 3.51. The molecule has 0 radical (unpaired) electrons. The fourth-order valence-electron chi connectivity index (χ4n) is 1.61. The molecule has 1 aromatic rings. The summed E-state index contributed by atoms with van der Waals surface area (Å²) in [5, 5.41) is 4.91. The number of nitrogens with zero attached hydrogens (tertiary/aromatic N) is 1. The quantitative estimate of drug-likeness (QED) is 0.827. The normalized spacial score (nSPS) is 12.2. The predicted molar refractivity (Wildman–Crippen MR) is 71.8 cm³/mol. The number of sulfonamides is 1. The van der Waals surface area contributed by atoms with Crippen LogP contribution in [0.5, 0.6) is 0 Å². The van der Waals surface area contributed by atoms with Gasteiger partial charge in [0.05, 0.1) is 0 Å². The van der Waals surface area contributed by atoms with Crippen LogP contribution in [-0.2, 0) is 16.6 Å². The van der Waals surface area contributed by atoms with Crippen molar-refractivity contribution in [1.82, 2.24) is 9.62 Å². The van der Waals surface area contributed by atoms with Crippen molar-refractivity contribution in [2.45, 2.75) is 31.0 Å². The Bertz CT molecular complexity index is 440. The molecule has 1 heterocycles. The molecular weight excluding hydrogens is 256 g/mol. The lowest BCUT2D eigenvalue weighted by molar-refractivity contribution is 0.428. The Labute approximate surface area is 108 Å². The first kappa shape index (κ1) is 14.6. The summed E-state index contributed by atoms with van der Waals surface area (Å²) in [5.41, 5.74) is 1.02. The maximum absolute atomic E-state index is 12.3. The lowest BCUT2D eigenvalue weighted by Gasteiger charge is -2.18. The summed E-state index contributed by atoms with van der Waals surface area (Å²) in [6, 6.07) is 1.76. The Morgan fingerprint density at radius 1 is 1.41 bits per heavy atom. The van der Waals surface area contributed by atoms with Gasteiger partial charge < -0.3 is 5.32 Å². The van der Waals surface area contributed by atoms with Gasteiger partial charge in [-0.15, -0.1) is 11.3 Å². The van der Waals surface area contributed by atoms with E-state index in [1.807, 2.05) is 26.3 Å². The van der Waals surface area contributed by atoms with Crippen molar-refractivity contribution in [2.24, 2.45) is 0 Å². The second-order valence-electron chi connectivity index (χ2n) is 3.80. The summed E-state index contributed by atoms with van der Waals surface area (Å²) in [6.07, 6.45) is 0.835. The van der Waals surface area contributed by atoms with Gasteiger partial charge in [-0.25, -0.2) is 8.42 Å². The van der Waals surface area contributed by atoms with E-state index < -0.39 is 10.0 Å². The number of hydrogen-bond acceptors (Lipinski definition) is 4. The molecule has 0 bridgehead atoms. The average molecular weight is 276 g/mol. The molecular formula is C11H20N2O2S2. The third-order valence-electron chi connectivity index (χ3n) is 2.43. The second kappa shape index (κ2) is 6.49. The summed E-state index contributed by atoms with van der Waals surface area (Å²) < 4.78 is 26.5. The molecule has 0 unspecified atom stereocenters. The van der Waals surface area contributed by atoms with Crippen LogP contribution in [0.25, 0.3) is 0 Å². The Morgan fingerprint density at radius 2 is 2.12 bits per heavy atom. The molecule has 0 aliphatic heterocycles. The highest BCUT2D eigenvalue weighted by atomic mass is 32.2. The molecule has 0 saturated carbocycles. The summed E-state index contributed by atoms with van der Waals surface area (Å²) in [7, 11) is -1.44. The molecule has 0 saturated heterocycles. The van der Waals surface area contributed by atoms with Gasteiger partial charge in [0.2, 0.25) is 0 Å². The molecule has 0 amide bonds. The van der Waals surface area contributed by atoms with Crippen molar-refractivity contribution in [3.63, 3.8) is 0 Å². The number of nitrogens with one attached hydrogen (secondary N) is 1. The van der Waals surface area contributed by atoms with Crippen LogP contribution in [-0.4, -0.2) is 32.9 Å². The van der Waals surface area contributed by atoms with Gasteiger partial charge in [-0.1, -0.05) is 13.8 Å². The van der Waals surface area contributed by atoms with E-state index in [-0.39, 0.29) is 0 Å². The Kier molecular flexibility index (Phi) is 5.58. The lowest BCUT2D eigenvalue weighted by atomic mass is 10.3. The molecule has 17 heavy (non-hydrogen) atoms. The highest BCUT2D eigenvalue weighted by Gasteiger charge is 2.23. The van der Waals surface area contributed by atoms with Crippen molar-refractivity contribution < 1.29 is 8.42 Å². The predicted octanol–water partition coefficient (Wildman–Crippen LogP) is 1.89. The van der Waals surface area contributed by atoms with Crippen LogP contribution in [0.1, 0.15) is 25.8 Å². The lowest BCUT2D eigenvalue weighted by Crippen LogP contribution is -2.31. The van der Waals surface area contributed by atoms with Crippen LogP contribution in [0, 0.1) is 0 Å². The third-order valence-corrected chi connectivity index (χ3v) is 5.87. The Balaban J connectivity index is 2.94. The molecule has 1 rings (SSSR count). The fraction of sp³-hybridized carbons (Fsp3) is 0.636. The second-order valence-corrected chi connectivity index (χ2v) is 6.88. The Morgan fingerprint density at radius 3 is 2.65 bits per heavy atom. The van der Waals surface area contributed by atoms with Gasteiger partial charge in [0.25, 0.3) is 10.0 Å². The first-order valence-corrected chi connectivity index (χ1v) is 8.10. The molecule has 0 atom stereocenters. The van der Waals surface area contributed by atoms with E-state index in [2.05, 4.69) is 5.32 Å². The van der Waals surface area contributed by atoms with E-state index in [1.165, 1.54) is 15.6 Å². The maximum Gasteiger partial charge on any atom is 0.252 e. The smallest absolute Gasteiger partial charge is 0.252 e. The minimum Gasteiger partial charge on any atom is -0.316 e. The summed E-state index contributed by atoms with van der Waals surface area (Å²) >= 11 is 1.30. The van der Waals surface area contributed by atoms with Crippen LogP contribution in [0.15, 0.2) is 15.7 Å². The van der Waals surface area contributed by atoms with E-state index in [9.17, 15) is 8.42 Å². The van der Waals surface area contributed by atoms with Gasteiger partial charge >= 0.3 is 0 Å². The zero-order valence-corrected chi connectivity index (χ0v) is 12.2. The van der Waals surface area contributed by atoms with Gasteiger partial charge in [-0.2, -0.15) is 4.31 Å². The molecule has 6 heteroatoms. The first-order chi connectivity index (χ1) is 8.06. The minimum atomic E-state index is -3.29. The van der Waals surface area contributed by atoms with Crippen LogP contribution in [0.4, 0.5) is 0 Å². The topological polar surface area (TPSA) is 49.4 Å². The van der Waals surface area contributed by atoms with Crippen LogP contribution >= 0.6 is 11.3 Å². The molecule has 0 aliphatic carbocycles. The SMILES string of the molecule is CCCN(CC)S(=O)(=O)c1cc(CNC)cs1. The number of hydrogen-bond donors (Lipinski definition) is 1. The summed E-state index contributed by atoms with van der Waals surface area (Å²) in [4.78, 5) is 0. The van der Waals surface area contributed by atoms with Crippen LogP contribution in [0.3, 0.4) is 0 Å². The van der Waals surface area contributed by atoms with E-state index in [0.29, 0.717) is 23.8 Å². The number of thiophene rings is 1. The maximum atomic E-state index is 12.3. The first-order valence-electron chi connectivity index (χ1n) is 5.78. The minimum absolute atomic E-state index is 0.443. The highest BCUT2D eigenvalue weighted by molar-refractivity contribution is 7.91. The van der Waals surface area contributed by atoms with Crippen molar-refractivity contribution in [3.05, 3.63) is 17.0 Å². The van der Waals surface area contributed by atoms with Gasteiger partial charge in [0, 0.05) is 19.6 Å². The van der Waals surface area contributed by atoms with E-state index >= 15 is 0 Å². The van der Waals surface area contributed by atoms with Gasteiger partial charge in [0.15, 0.2) is 0 Å². The van der Waals surface area contributed by atoms with Crippen molar-refractivity contribution in [3.8, 4) is 0 Å². The fourth-order valence-corrected chi connectivity index (χ4v) is 4.51. The van der Waals surface area contributed by atoms with Crippen molar-refractivity contribution in [2.75, 3.05) is 20.1 Å². The molecule has 0 aliphatic rings. The Hall–Kier alpha value is -0.430. The standard InChI is InChI=1S/C11H20N2O2S2/c1-4-6-13(5-2)17(14,15)11-7-10(8-12-3)9-16-11/h7,9,12H,4-6,8H2,1-3H3. The van der Waals surface area contributed by atoms with Crippen molar-refractivity contribution in [1.29, 1.82) is 0 Å². The van der Waals surface area contributed by atoms with Crippen LogP contribution in [0.2, 0.25) is 0 Å². The van der Waals surface area contributed by atoms with E-state index in [0.717, 1.165) is 12.0 Å². The zero-order chi connectivity index (χ0) is 12.9. The molecule has 0 spiro atoms. The van der Waals surface area contributed by atoms with E-state index in [4.69, 9.17) is 0 Å². The molecule has 0 aromatic carbocycles. The molecule has 4 nitrogen and oxygen atoms in total.